The largest absolute Gasteiger partial charge is 0.103 e. The first-order valence-corrected chi connectivity index (χ1v) is 9.11. The summed E-state index contributed by atoms with van der Waals surface area (Å²) in [4.78, 5) is 0. The molecule has 0 radical (unpaired) electrons. The smallest absolute Gasteiger partial charge is 0.0648 e. The van der Waals surface area contributed by atoms with Gasteiger partial charge in [0.05, 0.1) is 8.07 Å². The van der Waals surface area contributed by atoms with Crippen LogP contribution in [0.5, 0.6) is 0 Å². The van der Waals surface area contributed by atoms with E-state index in [1.165, 1.54) is 23.7 Å². The third-order valence-corrected chi connectivity index (χ3v) is 10.3. The van der Waals surface area contributed by atoms with Crippen LogP contribution in [0, 0.1) is 0 Å². The molecule has 0 saturated carbocycles. The molecule has 0 fully saturated rings. The lowest BCUT2D eigenvalue weighted by Crippen LogP contribution is -2.38. The van der Waals surface area contributed by atoms with Gasteiger partial charge in [0, 0.05) is 0 Å². The SMILES string of the molecule is C=CC(c1ccccc1)[Si](CC)(CC)CC. The summed E-state index contributed by atoms with van der Waals surface area (Å²) in [5.41, 5.74) is 2.09. The number of allylic oxidation sites excluding steroid dienone is 1. The summed E-state index contributed by atoms with van der Waals surface area (Å²) < 4.78 is 0. The lowest BCUT2D eigenvalue weighted by Gasteiger charge is -2.35. The maximum atomic E-state index is 4.08. The fourth-order valence-corrected chi connectivity index (χ4v) is 7.03. The van der Waals surface area contributed by atoms with Gasteiger partial charge in [-0.25, -0.2) is 0 Å². The van der Waals surface area contributed by atoms with Crippen LogP contribution < -0.4 is 0 Å². The van der Waals surface area contributed by atoms with Gasteiger partial charge in [0.15, 0.2) is 0 Å². The van der Waals surface area contributed by atoms with Crippen molar-refractivity contribution in [1.29, 1.82) is 0 Å². The van der Waals surface area contributed by atoms with E-state index in [1.54, 1.807) is 0 Å². The number of hydrogen-bond acceptors (Lipinski definition) is 0. The van der Waals surface area contributed by atoms with Gasteiger partial charge in [-0.2, -0.15) is 0 Å². The lowest BCUT2D eigenvalue weighted by atomic mass is 10.1. The number of rotatable bonds is 6. The quantitative estimate of drug-likeness (QED) is 0.478. The Morgan fingerprint density at radius 3 is 1.94 bits per heavy atom. The van der Waals surface area contributed by atoms with Crippen LogP contribution in [0.1, 0.15) is 31.9 Å². The molecule has 0 aliphatic carbocycles. The van der Waals surface area contributed by atoms with Gasteiger partial charge in [0.2, 0.25) is 0 Å². The predicted octanol–water partition coefficient (Wildman–Crippen LogP) is 5.00. The summed E-state index contributed by atoms with van der Waals surface area (Å²) in [7, 11) is -1.21. The second-order valence-corrected chi connectivity index (χ2v) is 10.0. The van der Waals surface area contributed by atoms with Gasteiger partial charge in [-0.1, -0.05) is 75.3 Å². The second kappa shape index (κ2) is 6.05. The van der Waals surface area contributed by atoms with Crippen LogP contribution in [0.3, 0.4) is 0 Å². The molecule has 1 unspecified atom stereocenters. The van der Waals surface area contributed by atoms with E-state index in [4.69, 9.17) is 0 Å². The normalized spacial score (nSPS) is 13.4. The second-order valence-electron chi connectivity index (χ2n) is 4.55. The molecule has 0 N–H and O–H groups in total. The molecule has 1 rings (SSSR count). The van der Waals surface area contributed by atoms with Crippen molar-refractivity contribution >= 4 is 8.07 Å². The van der Waals surface area contributed by atoms with E-state index in [0.29, 0.717) is 5.54 Å². The Morgan fingerprint density at radius 2 is 1.56 bits per heavy atom. The highest BCUT2D eigenvalue weighted by Crippen LogP contribution is 2.36. The van der Waals surface area contributed by atoms with E-state index in [9.17, 15) is 0 Å². The molecule has 0 aliphatic rings. The van der Waals surface area contributed by atoms with Gasteiger partial charge in [0.1, 0.15) is 0 Å². The first-order chi connectivity index (χ1) is 7.74. The highest BCUT2D eigenvalue weighted by Gasteiger charge is 2.35. The molecule has 1 aromatic rings. The minimum atomic E-state index is -1.21. The van der Waals surface area contributed by atoms with Crippen molar-refractivity contribution in [3.8, 4) is 0 Å². The molecule has 0 bridgehead atoms. The van der Waals surface area contributed by atoms with Crippen molar-refractivity contribution in [1.82, 2.24) is 0 Å². The van der Waals surface area contributed by atoms with Crippen molar-refractivity contribution in [2.24, 2.45) is 0 Å². The third kappa shape index (κ3) is 2.46. The summed E-state index contributed by atoms with van der Waals surface area (Å²) in [6.07, 6.45) is 2.19. The van der Waals surface area contributed by atoms with Crippen molar-refractivity contribution in [2.45, 2.75) is 44.4 Å². The Balaban J connectivity index is 3.10. The Labute approximate surface area is 101 Å². The molecule has 0 saturated heterocycles. The highest BCUT2D eigenvalue weighted by molar-refractivity contribution is 6.81. The summed E-state index contributed by atoms with van der Waals surface area (Å²) in [6, 6.07) is 15.0. The molecule has 1 atom stereocenters. The van der Waals surface area contributed by atoms with Crippen LogP contribution in [0.2, 0.25) is 18.1 Å². The molecule has 88 valence electrons. The third-order valence-electron chi connectivity index (χ3n) is 4.17. The van der Waals surface area contributed by atoms with Crippen LogP contribution in [-0.4, -0.2) is 8.07 Å². The minimum Gasteiger partial charge on any atom is -0.103 e. The molecule has 0 aromatic heterocycles. The minimum absolute atomic E-state index is 0.619. The van der Waals surface area contributed by atoms with Crippen molar-refractivity contribution in [2.75, 3.05) is 0 Å². The molecule has 1 heteroatoms. The topological polar surface area (TPSA) is 0 Å². The van der Waals surface area contributed by atoms with E-state index in [2.05, 4.69) is 63.8 Å². The average Bonchev–Trinajstić information content (AvgIpc) is 2.37. The standard InChI is InChI=1S/C15H24Si/c1-5-15(14-12-10-9-11-13-14)16(6-2,7-3)8-4/h5,9-13,15H,1,6-8H2,2-4H3. The van der Waals surface area contributed by atoms with Crippen molar-refractivity contribution in [3.05, 3.63) is 48.6 Å². The Hall–Kier alpha value is -0.823. The molecule has 0 spiro atoms. The van der Waals surface area contributed by atoms with Crippen LogP contribution in [0.25, 0.3) is 0 Å². The van der Waals surface area contributed by atoms with Gasteiger partial charge >= 0.3 is 0 Å². The van der Waals surface area contributed by atoms with Gasteiger partial charge in [0.25, 0.3) is 0 Å². The van der Waals surface area contributed by atoms with Crippen molar-refractivity contribution < 1.29 is 0 Å². The molecular formula is C15H24Si. The number of benzene rings is 1. The Morgan fingerprint density at radius 1 is 1.06 bits per heavy atom. The lowest BCUT2D eigenvalue weighted by molar-refractivity contribution is 1.02. The maximum absolute atomic E-state index is 4.08. The van der Waals surface area contributed by atoms with Crippen LogP contribution >= 0.6 is 0 Å². The van der Waals surface area contributed by atoms with E-state index < -0.39 is 8.07 Å². The molecule has 0 aliphatic heterocycles. The molecule has 0 nitrogen and oxygen atoms in total. The van der Waals surface area contributed by atoms with E-state index in [1.807, 2.05) is 0 Å². The van der Waals surface area contributed by atoms with Gasteiger partial charge < -0.3 is 0 Å². The maximum Gasteiger partial charge on any atom is 0.0648 e. The predicted molar refractivity (Wildman–Crippen MR) is 76.6 cm³/mol. The van der Waals surface area contributed by atoms with Crippen molar-refractivity contribution in [3.63, 3.8) is 0 Å². The summed E-state index contributed by atoms with van der Waals surface area (Å²) in [6.45, 7) is 11.2. The Kier molecular flexibility index (Phi) is 5.00. The molecule has 16 heavy (non-hydrogen) atoms. The monoisotopic (exact) mass is 232 g/mol. The molecule has 1 aromatic carbocycles. The first-order valence-electron chi connectivity index (χ1n) is 6.41. The number of hydrogen-bond donors (Lipinski definition) is 0. The summed E-state index contributed by atoms with van der Waals surface area (Å²) in [5.74, 6) is 0. The molecular weight excluding hydrogens is 208 g/mol. The van der Waals surface area contributed by atoms with Crippen LogP contribution in [0.15, 0.2) is 43.0 Å². The molecule has 0 amide bonds. The highest BCUT2D eigenvalue weighted by atomic mass is 28.3. The van der Waals surface area contributed by atoms with E-state index >= 15 is 0 Å². The fourth-order valence-electron chi connectivity index (χ4n) is 2.81. The Bertz CT molecular complexity index is 303. The van der Waals surface area contributed by atoms with Gasteiger partial charge in [-0.15, -0.1) is 6.58 Å². The fraction of sp³-hybridized carbons (Fsp3) is 0.467. The zero-order valence-electron chi connectivity index (χ0n) is 10.9. The van der Waals surface area contributed by atoms with Crippen LogP contribution in [0.4, 0.5) is 0 Å². The van der Waals surface area contributed by atoms with Crippen LogP contribution in [-0.2, 0) is 0 Å². The summed E-state index contributed by atoms with van der Waals surface area (Å²) >= 11 is 0. The van der Waals surface area contributed by atoms with Gasteiger partial charge in [-0.3, -0.25) is 0 Å². The van der Waals surface area contributed by atoms with E-state index in [-0.39, 0.29) is 0 Å². The van der Waals surface area contributed by atoms with Gasteiger partial charge in [-0.05, 0) is 11.1 Å². The zero-order chi connectivity index (χ0) is 12.0. The molecule has 0 heterocycles. The van der Waals surface area contributed by atoms with E-state index in [0.717, 1.165) is 0 Å². The first kappa shape index (κ1) is 13.2. The average molecular weight is 232 g/mol. The summed E-state index contributed by atoms with van der Waals surface area (Å²) in [5, 5.41) is 0. The zero-order valence-corrected chi connectivity index (χ0v) is 11.9.